The minimum atomic E-state index is 0.328. The van der Waals surface area contributed by atoms with E-state index in [1.807, 2.05) is 0 Å². The van der Waals surface area contributed by atoms with Crippen molar-refractivity contribution >= 4 is 0 Å². The largest absolute Gasteiger partial charge is 0.378 e. The van der Waals surface area contributed by atoms with Crippen LogP contribution in [0.4, 0.5) is 0 Å². The minimum Gasteiger partial charge on any atom is -0.378 e. The van der Waals surface area contributed by atoms with E-state index < -0.39 is 0 Å². The van der Waals surface area contributed by atoms with Crippen molar-refractivity contribution in [3.8, 4) is 0 Å². The van der Waals surface area contributed by atoms with Gasteiger partial charge in [-0.25, -0.2) is 0 Å². The third kappa shape index (κ3) is 6.19. The van der Waals surface area contributed by atoms with Crippen LogP contribution in [0.3, 0.4) is 0 Å². The van der Waals surface area contributed by atoms with E-state index in [0.29, 0.717) is 17.6 Å². The monoisotopic (exact) mass is 289 g/mol. The Balaban J connectivity index is 1.86. The summed E-state index contributed by atoms with van der Waals surface area (Å²) in [7, 11) is 0. The minimum absolute atomic E-state index is 0.328. The third-order valence-electron chi connectivity index (χ3n) is 4.15. The van der Waals surface area contributed by atoms with Crippen molar-refractivity contribution in [1.29, 1.82) is 0 Å². The number of hydrogen-bond donors (Lipinski definition) is 1. The lowest BCUT2D eigenvalue weighted by Gasteiger charge is -2.29. The van der Waals surface area contributed by atoms with E-state index in [1.54, 1.807) is 0 Å². The van der Waals surface area contributed by atoms with Gasteiger partial charge in [-0.15, -0.1) is 0 Å². The average molecular weight is 289 g/mol. The molecule has 0 saturated carbocycles. The maximum atomic E-state index is 5.83. The van der Waals surface area contributed by atoms with E-state index in [9.17, 15) is 0 Å². The molecule has 1 aliphatic heterocycles. The van der Waals surface area contributed by atoms with Crippen molar-refractivity contribution in [2.45, 2.75) is 65.0 Å². The highest BCUT2D eigenvalue weighted by Crippen LogP contribution is 2.29. The molecule has 0 amide bonds. The Hall–Kier alpha value is -0.860. The zero-order valence-electron chi connectivity index (χ0n) is 13.9. The Morgan fingerprint density at radius 3 is 2.57 bits per heavy atom. The van der Waals surface area contributed by atoms with Gasteiger partial charge in [0.15, 0.2) is 0 Å². The molecule has 1 N–H and O–H groups in total. The molecule has 1 fully saturated rings. The zero-order chi connectivity index (χ0) is 15.1. The lowest BCUT2D eigenvalue weighted by atomic mass is 9.85. The molecular weight excluding hydrogens is 258 g/mol. The van der Waals surface area contributed by atoms with Crippen LogP contribution in [0.15, 0.2) is 30.3 Å². The van der Waals surface area contributed by atoms with Crippen LogP contribution < -0.4 is 5.32 Å². The molecule has 0 aliphatic carbocycles. The maximum Gasteiger partial charge on any atom is 0.0587 e. The van der Waals surface area contributed by atoms with Gasteiger partial charge in [0.1, 0.15) is 0 Å². The van der Waals surface area contributed by atoms with E-state index >= 15 is 0 Å². The molecule has 1 aromatic carbocycles. The second-order valence-electron chi connectivity index (χ2n) is 7.46. The molecule has 118 valence electrons. The highest BCUT2D eigenvalue weighted by molar-refractivity contribution is 5.19. The first kappa shape index (κ1) is 16.5. The smallest absolute Gasteiger partial charge is 0.0587 e. The topological polar surface area (TPSA) is 21.3 Å². The Morgan fingerprint density at radius 2 is 1.95 bits per heavy atom. The van der Waals surface area contributed by atoms with Gasteiger partial charge in [-0.1, -0.05) is 51.1 Å². The van der Waals surface area contributed by atoms with Gasteiger partial charge < -0.3 is 10.1 Å². The van der Waals surface area contributed by atoms with E-state index in [-0.39, 0.29) is 0 Å². The molecule has 1 aliphatic rings. The van der Waals surface area contributed by atoms with Gasteiger partial charge in [0.2, 0.25) is 0 Å². The van der Waals surface area contributed by atoms with Gasteiger partial charge in [-0.05, 0) is 49.6 Å². The van der Waals surface area contributed by atoms with Crippen LogP contribution in [0, 0.1) is 5.41 Å². The van der Waals surface area contributed by atoms with E-state index in [4.69, 9.17) is 4.74 Å². The second-order valence-corrected chi connectivity index (χ2v) is 7.46. The molecule has 0 bridgehead atoms. The number of benzene rings is 1. The first-order chi connectivity index (χ1) is 10.0. The fraction of sp³-hybridized carbons (Fsp3) is 0.684. The number of nitrogens with one attached hydrogen (secondary N) is 1. The van der Waals surface area contributed by atoms with E-state index in [0.717, 1.165) is 26.0 Å². The summed E-state index contributed by atoms with van der Waals surface area (Å²) in [5, 5.41) is 3.76. The summed E-state index contributed by atoms with van der Waals surface area (Å²) in [5.74, 6) is 0. The Kier molecular flexibility index (Phi) is 6.25. The molecule has 1 saturated heterocycles. The lowest BCUT2D eigenvalue weighted by molar-refractivity contribution is 0.0110. The average Bonchev–Trinajstić information content (AvgIpc) is 2.47. The van der Waals surface area contributed by atoms with Crippen LogP contribution in [0.5, 0.6) is 0 Å². The Morgan fingerprint density at radius 1 is 1.19 bits per heavy atom. The van der Waals surface area contributed by atoms with E-state index in [2.05, 4.69) is 56.4 Å². The quantitative estimate of drug-likeness (QED) is 0.818. The van der Waals surface area contributed by atoms with Gasteiger partial charge in [0, 0.05) is 12.6 Å². The lowest BCUT2D eigenvalue weighted by Crippen LogP contribution is -2.30. The SMILES string of the molecule is CC(C)(C)CC(NCCC1CCCCO1)c1ccccc1. The molecule has 1 aromatic rings. The molecule has 2 rings (SSSR count). The van der Waals surface area contributed by atoms with Crippen LogP contribution in [0.25, 0.3) is 0 Å². The van der Waals surface area contributed by atoms with Crippen LogP contribution >= 0.6 is 0 Å². The zero-order valence-corrected chi connectivity index (χ0v) is 13.9. The first-order valence-corrected chi connectivity index (χ1v) is 8.44. The van der Waals surface area contributed by atoms with Gasteiger partial charge in [-0.3, -0.25) is 0 Å². The maximum absolute atomic E-state index is 5.83. The second kappa shape index (κ2) is 7.95. The molecule has 21 heavy (non-hydrogen) atoms. The molecule has 2 heteroatoms. The predicted molar refractivity (Wildman–Crippen MR) is 89.5 cm³/mol. The summed E-state index contributed by atoms with van der Waals surface area (Å²) >= 11 is 0. The van der Waals surface area contributed by atoms with Crippen LogP contribution in [0.2, 0.25) is 0 Å². The molecule has 0 spiro atoms. The molecule has 0 aromatic heterocycles. The van der Waals surface area contributed by atoms with Crippen LogP contribution in [-0.2, 0) is 4.74 Å². The number of hydrogen-bond acceptors (Lipinski definition) is 2. The molecule has 2 nitrogen and oxygen atoms in total. The Labute approximate surface area is 130 Å². The summed E-state index contributed by atoms with van der Waals surface area (Å²) in [4.78, 5) is 0. The number of ether oxygens (including phenoxy) is 1. The fourth-order valence-electron chi connectivity index (χ4n) is 3.06. The third-order valence-corrected chi connectivity index (χ3v) is 4.15. The van der Waals surface area contributed by atoms with Gasteiger partial charge in [0.05, 0.1) is 6.10 Å². The van der Waals surface area contributed by atoms with Gasteiger partial charge in [-0.2, -0.15) is 0 Å². The van der Waals surface area contributed by atoms with Crippen molar-refractivity contribution in [3.05, 3.63) is 35.9 Å². The van der Waals surface area contributed by atoms with Crippen molar-refractivity contribution in [2.75, 3.05) is 13.2 Å². The summed E-state index contributed by atoms with van der Waals surface area (Å²) in [6.07, 6.45) is 6.56. The summed E-state index contributed by atoms with van der Waals surface area (Å²) in [6.45, 7) is 8.94. The van der Waals surface area contributed by atoms with Crippen molar-refractivity contribution < 1.29 is 4.74 Å². The summed E-state index contributed by atoms with van der Waals surface area (Å²) in [6, 6.07) is 11.3. The van der Waals surface area contributed by atoms with Gasteiger partial charge in [0.25, 0.3) is 0 Å². The fourth-order valence-corrected chi connectivity index (χ4v) is 3.06. The molecule has 0 radical (unpaired) electrons. The van der Waals surface area contributed by atoms with Crippen LogP contribution in [0.1, 0.15) is 64.5 Å². The summed E-state index contributed by atoms with van der Waals surface area (Å²) in [5.41, 5.74) is 1.73. The van der Waals surface area contributed by atoms with Gasteiger partial charge >= 0.3 is 0 Å². The van der Waals surface area contributed by atoms with Crippen LogP contribution in [-0.4, -0.2) is 19.3 Å². The molecular formula is C19H31NO. The van der Waals surface area contributed by atoms with E-state index in [1.165, 1.54) is 24.8 Å². The molecule has 2 unspecified atom stereocenters. The highest BCUT2D eigenvalue weighted by Gasteiger charge is 2.20. The molecule has 1 heterocycles. The normalized spacial score (nSPS) is 21.2. The highest BCUT2D eigenvalue weighted by atomic mass is 16.5. The van der Waals surface area contributed by atoms with Crippen molar-refractivity contribution in [1.82, 2.24) is 5.32 Å². The number of rotatable bonds is 6. The predicted octanol–water partition coefficient (Wildman–Crippen LogP) is 4.71. The Bertz CT molecular complexity index is 390. The van der Waals surface area contributed by atoms with Crippen molar-refractivity contribution in [2.24, 2.45) is 5.41 Å². The van der Waals surface area contributed by atoms with Crippen molar-refractivity contribution in [3.63, 3.8) is 0 Å². The summed E-state index contributed by atoms with van der Waals surface area (Å²) < 4.78 is 5.83. The standard InChI is InChI=1S/C19H31NO/c1-19(2,3)15-18(16-9-5-4-6-10-16)20-13-12-17-11-7-8-14-21-17/h4-6,9-10,17-18,20H,7-8,11-15H2,1-3H3. The molecule has 2 atom stereocenters. The first-order valence-electron chi connectivity index (χ1n) is 8.44.